The third kappa shape index (κ3) is 3.57. The van der Waals surface area contributed by atoms with Gasteiger partial charge in [0.25, 0.3) is 11.8 Å². The van der Waals surface area contributed by atoms with Crippen LogP contribution >= 0.6 is 11.8 Å². The Kier molecular flexibility index (Phi) is 5.56. The maximum atomic E-state index is 13.3. The van der Waals surface area contributed by atoms with E-state index in [-0.39, 0.29) is 17.1 Å². The van der Waals surface area contributed by atoms with Gasteiger partial charge in [-0.25, -0.2) is 4.90 Å². The fourth-order valence-corrected chi connectivity index (χ4v) is 3.89. The lowest BCUT2D eigenvalue weighted by molar-refractivity contribution is -0.119. The van der Waals surface area contributed by atoms with Gasteiger partial charge in [0, 0.05) is 11.3 Å². The summed E-state index contributed by atoms with van der Waals surface area (Å²) in [6.45, 7) is 3.99. The van der Waals surface area contributed by atoms with Gasteiger partial charge >= 0.3 is 0 Å². The molecule has 0 aliphatic carbocycles. The van der Waals surface area contributed by atoms with Crippen LogP contribution in [0.5, 0.6) is 11.5 Å². The number of carbonyl (C=O) groups is 2. The minimum atomic E-state index is -0.349. The Bertz CT molecular complexity index is 906. The highest BCUT2D eigenvalue weighted by molar-refractivity contribution is 8.04. The number of hydrogen-bond acceptors (Lipinski definition) is 5. The van der Waals surface area contributed by atoms with Gasteiger partial charge in [-0.05, 0) is 17.7 Å². The topological polar surface area (TPSA) is 55.8 Å². The highest BCUT2D eigenvalue weighted by atomic mass is 32.2. The van der Waals surface area contributed by atoms with Gasteiger partial charge in [0.05, 0.1) is 30.4 Å². The number of rotatable bonds is 6. The Morgan fingerprint density at radius 2 is 1.63 bits per heavy atom. The summed E-state index contributed by atoms with van der Waals surface area (Å²) < 4.78 is 10.6. The van der Waals surface area contributed by atoms with E-state index < -0.39 is 0 Å². The van der Waals surface area contributed by atoms with Crippen LogP contribution in [-0.4, -0.2) is 31.3 Å². The lowest BCUT2D eigenvalue weighted by atomic mass is 10.1. The summed E-state index contributed by atoms with van der Waals surface area (Å²) in [4.78, 5) is 28.1. The van der Waals surface area contributed by atoms with Gasteiger partial charge in [0.1, 0.15) is 11.5 Å². The smallest absolute Gasteiger partial charge is 0.272 e. The third-order valence-corrected chi connectivity index (χ3v) is 5.17. The van der Waals surface area contributed by atoms with Crippen molar-refractivity contribution in [2.24, 2.45) is 0 Å². The van der Waals surface area contributed by atoms with E-state index in [4.69, 9.17) is 9.47 Å². The zero-order valence-corrected chi connectivity index (χ0v) is 16.5. The zero-order valence-electron chi connectivity index (χ0n) is 15.7. The Balaban J connectivity index is 2.12. The Morgan fingerprint density at radius 3 is 2.22 bits per heavy atom. The van der Waals surface area contributed by atoms with Crippen LogP contribution in [0.15, 0.2) is 53.4 Å². The summed E-state index contributed by atoms with van der Waals surface area (Å²) in [5.41, 5.74) is 1.56. The molecule has 3 rings (SSSR count). The van der Waals surface area contributed by atoms with Crippen molar-refractivity contribution in [2.45, 2.75) is 19.1 Å². The van der Waals surface area contributed by atoms with E-state index in [0.29, 0.717) is 27.7 Å². The summed E-state index contributed by atoms with van der Waals surface area (Å²) in [6.07, 6.45) is 0. The zero-order chi connectivity index (χ0) is 19.6. The van der Waals surface area contributed by atoms with Crippen molar-refractivity contribution in [2.75, 3.05) is 19.1 Å². The van der Waals surface area contributed by atoms with Crippen LogP contribution in [0, 0.1) is 0 Å². The highest BCUT2D eigenvalue weighted by Crippen LogP contribution is 2.43. The van der Waals surface area contributed by atoms with Gasteiger partial charge in [-0.1, -0.05) is 44.2 Å². The molecule has 5 nitrogen and oxygen atoms in total. The molecule has 0 aromatic heterocycles. The average Bonchev–Trinajstić information content (AvgIpc) is 2.91. The van der Waals surface area contributed by atoms with Crippen molar-refractivity contribution < 1.29 is 19.1 Å². The van der Waals surface area contributed by atoms with Gasteiger partial charge in [-0.3, -0.25) is 9.59 Å². The van der Waals surface area contributed by atoms with Crippen LogP contribution in [0.4, 0.5) is 5.69 Å². The number of ether oxygens (including phenoxy) is 2. The largest absolute Gasteiger partial charge is 0.497 e. The minimum absolute atomic E-state index is 0.160. The van der Waals surface area contributed by atoms with Crippen molar-refractivity contribution in [3.8, 4) is 11.5 Å². The molecule has 0 saturated carbocycles. The molecular formula is C21H21NO4S. The second-order valence-electron chi connectivity index (χ2n) is 6.22. The SMILES string of the molecule is COc1ccc(N2C(=O)C(SC(C)C)=C(c3ccccc3)C2=O)c(OC)c1. The Hall–Kier alpha value is -2.73. The highest BCUT2D eigenvalue weighted by Gasteiger charge is 2.41. The minimum Gasteiger partial charge on any atom is -0.497 e. The van der Waals surface area contributed by atoms with E-state index >= 15 is 0 Å². The number of benzene rings is 2. The quantitative estimate of drug-likeness (QED) is 0.702. The molecule has 2 aromatic rings. The van der Waals surface area contributed by atoms with Crippen molar-refractivity contribution in [1.82, 2.24) is 0 Å². The summed E-state index contributed by atoms with van der Waals surface area (Å²) in [7, 11) is 3.05. The number of carbonyl (C=O) groups excluding carboxylic acids is 2. The molecule has 1 heterocycles. The van der Waals surface area contributed by atoms with Crippen LogP contribution in [0.3, 0.4) is 0 Å². The van der Waals surface area contributed by atoms with E-state index in [1.54, 1.807) is 25.3 Å². The van der Waals surface area contributed by atoms with E-state index in [9.17, 15) is 9.59 Å². The molecule has 0 saturated heterocycles. The van der Waals surface area contributed by atoms with Crippen LogP contribution < -0.4 is 14.4 Å². The molecule has 2 aromatic carbocycles. The number of nitrogens with zero attached hydrogens (tertiary/aromatic N) is 1. The van der Waals surface area contributed by atoms with Gasteiger partial charge in [-0.15, -0.1) is 11.8 Å². The standard InChI is InChI=1S/C21H21NO4S/c1-13(2)27-19-18(14-8-6-5-7-9-14)20(23)22(21(19)24)16-11-10-15(25-3)12-17(16)26-4/h5-13H,1-4H3. The number of imide groups is 1. The molecule has 0 radical (unpaired) electrons. The first-order valence-corrected chi connectivity index (χ1v) is 9.43. The first-order valence-electron chi connectivity index (χ1n) is 8.55. The van der Waals surface area contributed by atoms with Crippen LogP contribution in [0.2, 0.25) is 0 Å². The summed E-state index contributed by atoms with van der Waals surface area (Å²) in [6, 6.07) is 14.3. The maximum absolute atomic E-state index is 13.3. The summed E-state index contributed by atoms with van der Waals surface area (Å²) in [5.74, 6) is 0.306. The van der Waals surface area contributed by atoms with Crippen molar-refractivity contribution in [3.63, 3.8) is 0 Å². The number of anilines is 1. The predicted octanol–water partition coefficient (Wildman–Crippen LogP) is 4.13. The summed E-state index contributed by atoms with van der Waals surface area (Å²) >= 11 is 1.40. The van der Waals surface area contributed by atoms with Crippen molar-refractivity contribution >= 4 is 34.8 Å². The molecule has 0 atom stereocenters. The predicted molar refractivity (Wildman–Crippen MR) is 108 cm³/mol. The first kappa shape index (κ1) is 19.0. The molecule has 140 valence electrons. The molecule has 0 bridgehead atoms. The molecule has 0 spiro atoms. The molecule has 27 heavy (non-hydrogen) atoms. The Labute approximate surface area is 163 Å². The second-order valence-corrected chi connectivity index (χ2v) is 7.81. The average molecular weight is 383 g/mol. The third-order valence-electron chi connectivity index (χ3n) is 4.09. The van der Waals surface area contributed by atoms with Gasteiger partial charge < -0.3 is 9.47 Å². The van der Waals surface area contributed by atoms with E-state index in [2.05, 4.69) is 0 Å². The van der Waals surface area contributed by atoms with Crippen molar-refractivity contribution in [3.05, 3.63) is 59.0 Å². The van der Waals surface area contributed by atoms with Gasteiger partial charge in [0.2, 0.25) is 0 Å². The second kappa shape index (κ2) is 7.88. The van der Waals surface area contributed by atoms with Gasteiger partial charge in [0.15, 0.2) is 0 Å². The molecule has 0 unspecified atom stereocenters. The normalized spacial score (nSPS) is 14.3. The van der Waals surface area contributed by atoms with Gasteiger partial charge in [-0.2, -0.15) is 0 Å². The van der Waals surface area contributed by atoms with E-state index in [1.807, 2.05) is 44.2 Å². The van der Waals surface area contributed by atoms with Crippen LogP contribution in [0.1, 0.15) is 19.4 Å². The first-order chi connectivity index (χ1) is 13.0. The maximum Gasteiger partial charge on any atom is 0.272 e. The van der Waals surface area contributed by atoms with Crippen molar-refractivity contribution in [1.29, 1.82) is 0 Å². The number of amides is 2. The molecule has 1 aliphatic heterocycles. The number of methoxy groups -OCH3 is 2. The molecule has 0 fully saturated rings. The Morgan fingerprint density at radius 1 is 0.926 bits per heavy atom. The molecule has 2 amide bonds. The molecule has 6 heteroatoms. The van der Waals surface area contributed by atoms with E-state index in [1.165, 1.54) is 23.8 Å². The van der Waals surface area contributed by atoms with Crippen LogP contribution in [-0.2, 0) is 9.59 Å². The molecular weight excluding hydrogens is 362 g/mol. The number of hydrogen-bond donors (Lipinski definition) is 0. The lowest BCUT2D eigenvalue weighted by Gasteiger charge is -2.19. The molecule has 0 N–H and O–H groups in total. The molecule has 1 aliphatic rings. The fraction of sp³-hybridized carbons (Fsp3) is 0.238. The van der Waals surface area contributed by atoms with Crippen LogP contribution in [0.25, 0.3) is 5.57 Å². The van der Waals surface area contributed by atoms with E-state index in [0.717, 1.165) is 5.56 Å². The number of thioether (sulfide) groups is 1. The summed E-state index contributed by atoms with van der Waals surface area (Å²) in [5, 5.41) is 0.160. The fourth-order valence-electron chi connectivity index (χ4n) is 2.90. The monoisotopic (exact) mass is 383 g/mol. The lowest BCUT2D eigenvalue weighted by Crippen LogP contribution is -2.31.